The minimum atomic E-state index is 0.895. The van der Waals surface area contributed by atoms with Crippen LogP contribution in [0.5, 0.6) is 0 Å². The molecule has 1 saturated carbocycles. The van der Waals surface area contributed by atoms with E-state index < -0.39 is 0 Å². The van der Waals surface area contributed by atoms with Gasteiger partial charge in [0.25, 0.3) is 0 Å². The van der Waals surface area contributed by atoms with E-state index in [4.69, 9.17) is 0 Å². The smallest absolute Gasteiger partial charge is 0.0701 e. The number of rotatable bonds is 2. The standard InChI is InChI=1S/C16H16N2/c1-2-4-14-13(3-1)7-8-15-16(14)17-9-10-18(15)11-12-5-6-12/h1-4,7-10,12,17H,5-6,11H2. The van der Waals surface area contributed by atoms with E-state index in [1.807, 2.05) is 0 Å². The number of hydrogen-bond acceptors (Lipinski definition) is 2. The van der Waals surface area contributed by atoms with Crippen LogP contribution < -0.4 is 10.2 Å². The van der Waals surface area contributed by atoms with Crippen LogP contribution in [-0.2, 0) is 0 Å². The van der Waals surface area contributed by atoms with Crippen molar-refractivity contribution in [3.63, 3.8) is 0 Å². The first kappa shape index (κ1) is 10.0. The summed E-state index contributed by atoms with van der Waals surface area (Å²) in [6.45, 7) is 1.16. The molecule has 1 N–H and O–H groups in total. The average molecular weight is 236 g/mol. The van der Waals surface area contributed by atoms with Crippen molar-refractivity contribution in [1.82, 2.24) is 0 Å². The van der Waals surface area contributed by atoms with Crippen LogP contribution in [0.2, 0.25) is 0 Å². The van der Waals surface area contributed by atoms with E-state index in [2.05, 4.69) is 59.0 Å². The zero-order chi connectivity index (χ0) is 11.9. The molecule has 2 nitrogen and oxygen atoms in total. The molecule has 1 heterocycles. The van der Waals surface area contributed by atoms with Gasteiger partial charge >= 0.3 is 0 Å². The molecule has 2 heteroatoms. The molecular weight excluding hydrogens is 220 g/mol. The SMILES string of the molecule is C1=CN(CC2CC2)c2ccc3ccccc3c2N1. The van der Waals surface area contributed by atoms with Crippen molar-refractivity contribution >= 4 is 22.1 Å². The first-order valence-corrected chi connectivity index (χ1v) is 6.63. The Bertz CT molecular complexity index is 626. The highest BCUT2D eigenvalue weighted by molar-refractivity contribution is 6.01. The minimum absolute atomic E-state index is 0.895. The Labute approximate surface area is 107 Å². The van der Waals surface area contributed by atoms with E-state index in [1.165, 1.54) is 35.0 Å². The summed E-state index contributed by atoms with van der Waals surface area (Å²) in [6.07, 6.45) is 6.99. The lowest BCUT2D eigenvalue weighted by Gasteiger charge is -2.28. The molecule has 90 valence electrons. The number of nitrogens with zero attached hydrogens (tertiary/aromatic N) is 1. The third-order valence-corrected chi connectivity index (χ3v) is 3.85. The Hall–Kier alpha value is -1.96. The van der Waals surface area contributed by atoms with E-state index in [-0.39, 0.29) is 0 Å². The fourth-order valence-electron chi connectivity index (χ4n) is 2.68. The van der Waals surface area contributed by atoms with Gasteiger partial charge in [0.2, 0.25) is 0 Å². The second-order valence-electron chi connectivity index (χ2n) is 5.24. The van der Waals surface area contributed by atoms with Crippen molar-refractivity contribution in [3.05, 3.63) is 48.8 Å². The van der Waals surface area contributed by atoms with Gasteiger partial charge < -0.3 is 10.2 Å². The van der Waals surface area contributed by atoms with E-state index in [1.54, 1.807) is 0 Å². The first-order valence-electron chi connectivity index (χ1n) is 6.63. The maximum atomic E-state index is 3.41. The lowest BCUT2D eigenvalue weighted by Crippen LogP contribution is -2.23. The van der Waals surface area contributed by atoms with Gasteiger partial charge in [0.05, 0.1) is 11.4 Å². The molecule has 0 amide bonds. The molecule has 0 bridgehead atoms. The highest BCUT2D eigenvalue weighted by Crippen LogP contribution is 2.39. The molecular formula is C16H16N2. The van der Waals surface area contributed by atoms with E-state index in [0.29, 0.717) is 0 Å². The van der Waals surface area contributed by atoms with E-state index in [0.717, 1.165) is 12.5 Å². The van der Waals surface area contributed by atoms with Gasteiger partial charge in [-0.3, -0.25) is 0 Å². The Morgan fingerprint density at radius 2 is 2.00 bits per heavy atom. The van der Waals surface area contributed by atoms with Gasteiger partial charge in [-0.05, 0) is 30.2 Å². The summed E-state index contributed by atoms with van der Waals surface area (Å²) in [4.78, 5) is 2.38. The molecule has 1 fully saturated rings. The fourth-order valence-corrected chi connectivity index (χ4v) is 2.68. The number of anilines is 2. The van der Waals surface area contributed by atoms with Crippen molar-refractivity contribution in [2.45, 2.75) is 12.8 Å². The van der Waals surface area contributed by atoms with E-state index in [9.17, 15) is 0 Å². The molecule has 1 aliphatic carbocycles. The molecule has 0 radical (unpaired) electrons. The molecule has 0 saturated heterocycles. The first-order chi connectivity index (χ1) is 8.92. The highest BCUT2D eigenvalue weighted by atomic mass is 15.2. The topological polar surface area (TPSA) is 15.3 Å². The maximum Gasteiger partial charge on any atom is 0.0701 e. The second kappa shape index (κ2) is 3.77. The normalized spacial score (nSPS) is 17.7. The Morgan fingerprint density at radius 1 is 1.11 bits per heavy atom. The quantitative estimate of drug-likeness (QED) is 0.849. The monoisotopic (exact) mass is 236 g/mol. The molecule has 0 unspecified atom stereocenters. The van der Waals surface area contributed by atoms with Crippen LogP contribution >= 0.6 is 0 Å². The summed E-state index contributed by atoms with van der Waals surface area (Å²) >= 11 is 0. The largest absolute Gasteiger partial charge is 0.358 e. The van der Waals surface area contributed by atoms with E-state index >= 15 is 0 Å². The zero-order valence-corrected chi connectivity index (χ0v) is 10.3. The summed E-state index contributed by atoms with van der Waals surface area (Å²) in [5, 5.41) is 6.01. The summed E-state index contributed by atoms with van der Waals surface area (Å²) in [7, 11) is 0. The summed E-state index contributed by atoms with van der Waals surface area (Å²) in [5.74, 6) is 0.895. The Balaban J connectivity index is 1.84. The number of fused-ring (bicyclic) bond motifs is 3. The van der Waals surface area contributed by atoms with Gasteiger partial charge in [-0.1, -0.05) is 30.3 Å². The van der Waals surface area contributed by atoms with Gasteiger partial charge in [0.1, 0.15) is 0 Å². The van der Waals surface area contributed by atoms with Crippen molar-refractivity contribution in [2.75, 3.05) is 16.8 Å². The van der Waals surface area contributed by atoms with Gasteiger partial charge in [0, 0.05) is 24.3 Å². The number of benzene rings is 2. The molecule has 18 heavy (non-hydrogen) atoms. The minimum Gasteiger partial charge on any atom is -0.358 e. The predicted octanol–water partition coefficient (Wildman–Crippen LogP) is 3.95. The third-order valence-electron chi connectivity index (χ3n) is 3.85. The summed E-state index contributed by atoms with van der Waals surface area (Å²) in [6, 6.07) is 13.0. The van der Waals surface area contributed by atoms with Crippen molar-refractivity contribution in [3.8, 4) is 0 Å². The maximum absolute atomic E-state index is 3.41. The van der Waals surface area contributed by atoms with Crippen LogP contribution in [0.3, 0.4) is 0 Å². The molecule has 2 aliphatic rings. The highest BCUT2D eigenvalue weighted by Gasteiger charge is 2.25. The fraction of sp³-hybridized carbons (Fsp3) is 0.250. The Kier molecular flexibility index (Phi) is 2.10. The van der Waals surface area contributed by atoms with Gasteiger partial charge in [-0.15, -0.1) is 0 Å². The van der Waals surface area contributed by atoms with Gasteiger partial charge in [0.15, 0.2) is 0 Å². The summed E-state index contributed by atoms with van der Waals surface area (Å²) < 4.78 is 0. The molecule has 4 rings (SSSR count). The van der Waals surface area contributed by atoms with Gasteiger partial charge in [-0.25, -0.2) is 0 Å². The van der Waals surface area contributed by atoms with Crippen LogP contribution in [-0.4, -0.2) is 6.54 Å². The zero-order valence-electron chi connectivity index (χ0n) is 10.3. The molecule has 2 aromatic rings. The molecule has 0 spiro atoms. The Morgan fingerprint density at radius 3 is 2.89 bits per heavy atom. The molecule has 1 aliphatic heterocycles. The van der Waals surface area contributed by atoms with Crippen LogP contribution in [0.1, 0.15) is 12.8 Å². The average Bonchev–Trinajstić information content (AvgIpc) is 3.23. The van der Waals surface area contributed by atoms with Crippen LogP contribution in [0.4, 0.5) is 11.4 Å². The molecule has 2 aromatic carbocycles. The summed E-state index contributed by atoms with van der Waals surface area (Å²) in [5.41, 5.74) is 2.55. The van der Waals surface area contributed by atoms with Crippen molar-refractivity contribution in [2.24, 2.45) is 5.92 Å². The van der Waals surface area contributed by atoms with Crippen LogP contribution in [0.25, 0.3) is 10.8 Å². The second-order valence-corrected chi connectivity index (χ2v) is 5.24. The number of hydrogen-bond donors (Lipinski definition) is 1. The van der Waals surface area contributed by atoms with Gasteiger partial charge in [-0.2, -0.15) is 0 Å². The van der Waals surface area contributed by atoms with Crippen LogP contribution in [0, 0.1) is 5.92 Å². The lowest BCUT2D eigenvalue weighted by atomic mass is 10.1. The molecule has 0 atom stereocenters. The predicted molar refractivity (Wildman–Crippen MR) is 76.8 cm³/mol. The van der Waals surface area contributed by atoms with Crippen molar-refractivity contribution < 1.29 is 0 Å². The number of nitrogens with one attached hydrogen (secondary N) is 1. The molecule has 0 aromatic heterocycles. The lowest BCUT2D eigenvalue weighted by molar-refractivity contribution is 0.807. The van der Waals surface area contributed by atoms with Crippen molar-refractivity contribution in [1.29, 1.82) is 0 Å². The van der Waals surface area contributed by atoms with Crippen LogP contribution in [0.15, 0.2) is 48.8 Å². The third kappa shape index (κ3) is 1.57.